The summed E-state index contributed by atoms with van der Waals surface area (Å²) in [5.41, 5.74) is 0.798. The van der Waals surface area contributed by atoms with Gasteiger partial charge in [0.2, 0.25) is 11.7 Å². The molecule has 3 aromatic rings. The van der Waals surface area contributed by atoms with Crippen LogP contribution in [0.15, 0.2) is 32.5 Å². The van der Waals surface area contributed by atoms with Gasteiger partial charge in [-0.15, -0.1) is 21.5 Å². The summed E-state index contributed by atoms with van der Waals surface area (Å²) in [7, 11) is 0. The van der Waals surface area contributed by atoms with Crippen molar-refractivity contribution in [2.45, 2.75) is 51.4 Å². The molecule has 148 valence electrons. The Morgan fingerprint density at radius 1 is 1.29 bits per heavy atom. The summed E-state index contributed by atoms with van der Waals surface area (Å²) in [5, 5.41) is 17.3. The fraction of sp³-hybridized carbons (Fsp3) is 0.500. The van der Waals surface area contributed by atoms with Crippen molar-refractivity contribution in [2.75, 3.05) is 6.54 Å². The van der Waals surface area contributed by atoms with Crippen LogP contribution in [0.3, 0.4) is 0 Å². The Morgan fingerprint density at radius 2 is 2.11 bits per heavy atom. The molecule has 8 heteroatoms. The summed E-state index contributed by atoms with van der Waals surface area (Å²) in [5.74, 6) is 2.42. The average molecular weight is 401 g/mol. The van der Waals surface area contributed by atoms with Crippen molar-refractivity contribution in [2.24, 2.45) is 5.92 Å². The number of thiophene rings is 1. The number of aromatic nitrogens is 3. The van der Waals surface area contributed by atoms with Gasteiger partial charge in [-0.1, -0.05) is 25.1 Å². The van der Waals surface area contributed by atoms with Crippen molar-refractivity contribution >= 4 is 17.2 Å². The van der Waals surface area contributed by atoms with Gasteiger partial charge in [0.05, 0.1) is 10.6 Å². The monoisotopic (exact) mass is 400 g/mol. The van der Waals surface area contributed by atoms with Crippen LogP contribution in [-0.2, 0) is 0 Å². The topological polar surface area (TPSA) is 94.1 Å². The highest BCUT2D eigenvalue weighted by atomic mass is 32.1. The van der Waals surface area contributed by atoms with E-state index in [9.17, 15) is 4.79 Å². The third-order valence-corrected chi connectivity index (χ3v) is 6.12. The van der Waals surface area contributed by atoms with Gasteiger partial charge >= 0.3 is 0 Å². The number of nitrogens with one attached hydrogen (secondary N) is 1. The molecule has 0 atom stereocenters. The summed E-state index contributed by atoms with van der Waals surface area (Å²) in [6, 6.07) is 5.68. The molecule has 7 nitrogen and oxygen atoms in total. The third kappa shape index (κ3) is 4.16. The number of hydrogen-bond donors (Lipinski definition) is 1. The van der Waals surface area contributed by atoms with Gasteiger partial charge in [-0.3, -0.25) is 4.79 Å². The first-order valence-corrected chi connectivity index (χ1v) is 10.6. The van der Waals surface area contributed by atoms with E-state index in [4.69, 9.17) is 8.94 Å². The number of rotatable bonds is 6. The normalized spacial score (nSPS) is 19.8. The van der Waals surface area contributed by atoms with Crippen molar-refractivity contribution in [3.8, 4) is 10.8 Å². The molecule has 0 aromatic carbocycles. The lowest BCUT2D eigenvalue weighted by atomic mass is 9.82. The highest BCUT2D eigenvalue weighted by molar-refractivity contribution is 7.13. The number of nitrogens with zero attached hydrogens (tertiary/aromatic N) is 3. The van der Waals surface area contributed by atoms with Crippen LogP contribution in [-0.4, -0.2) is 27.8 Å². The highest BCUT2D eigenvalue weighted by Gasteiger charge is 2.27. The van der Waals surface area contributed by atoms with Crippen molar-refractivity contribution in [3.63, 3.8) is 0 Å². The van der Waals surface area contributed by atoms with Crippen LogP contribution in [0.4, 0.5) is 0 Å². The molecule has 3 aromatic heterocycles. The van der Waals surface area contributed by atoms with E-state index in [-0.39, 0.29) is 17.6 Å². The van der Waals surface area contributed by atoms with Crippen LogP contribution < -0.4 is 5.32 Å². The minimum atomic E-state index is -0.195. The molecule has 1 amide bonds. The molecule has 0 bridgehead atoms. The van der Waals surface area contributed by atoms with E-state index in [1.165, 1.54) is 0 Å². The van der Waals surface area contributed by atoms with Crippen LogP contribution >= 0.6 is 11.3 Å². The lowest BCUT2D eigenvalue weighted by molar-refractivity contribution is 0.0905. The highest BCUT2D eigenvalue weighted by Crippen LogP contribution is 2.36. The Morgan fingerprint density at radius 3 is 2.79 bits per heavy atom. The first-order chi connectivity index (χ1) is 13.6. The Bertz CT molecular complexity index is 908. The molecule has 1 N–H and O–H groups in total. The van der Waals surface area contributed by atoms with E-state index in [1.807, 2.05) is 31.4 Å². The predicted octanol–water partition coefficient (Wildman–Crippen LogP) is 4.61. The first-order valence-electron chi connectivity index (χ1n) is 9.72. The molecule has 0 aliphatic heterocycles. The van der Waals surface area contributed by atoms with Gasteiger partial charge in [0, 0.05) is 18.5 Å². The number of carbonyl (C=O) groups is 1. The van der Waals surface area contributed by atoms with Crippen LogP contribution in [0, 0.1) is 5.92 Å². The fourth-order valence-corrected chi connectivity index (χ4v) is 4.15. The quantitative estimate of drug-likeness (QED) is 0.649. The van der Waals surface area contributed by atoms with Crippen molar-refractivity contribution in [1.29, 1.82) is 0 Å². The fourth-order valence-electron chi connectivity index (χ4n) is 3.51. The first kappa shape index (κ1) is 18.9. The second-order valence-corrected chi connectivity index (χ2v) is 8.57. The van der Waals surface area contributed by atoms with Crippen molar-refractivity contribution in [1.82, 2.24) is 20.7 Å². The van der Waals surface area contributed by atoms with Gasteiger partial charge in [0.15, 0.2) is 0 Å². The lowest BCUT2D eigenvalue weighted by Gasteiger charge is -2.26. The van der Waals surface area contributed by atoms with Crippen LogP contribution in [0.25, 0.3) is 10.8 Å². The maximum absolute atomic E-state index is 12.2. The second kappa shape index (κ2) is 8.26. The molecule has 0 saturated heterocycles. The molecule has 1 aliphatic carbocycles. The zero-order valence-corrected chi connectivity index (χ0v) is 16.9. The second-order valence-electron chi connectivity index (χ2n) is 7.62. The lowest BCUT2D eigenvalue weighted by Crippen LogP contribution is -2.30. The van der Waals surface area contributed by atoms with Crippen molar-refractivity contribution < 1.29 is 13.7 Å². The van der Waals surface area contributed by atoms with E-state index in [0.29, 0.717) is 24.3 Å². The molecule has 0 unspecified atom stereocenters. The van der Waals surface area contributed by atoms with Crippen LogP contribution in [0.5, 0.6) is 0 Å². The van der Waals surface area contributed by atoms with Gasteiger partial charge in [-0.25, -0.2) is 0 Å². The summed E-state index contributed by atoms with van der Waals surface area (Å²) in [4.78, 5) is 13.3. The van der Waals surface area contributed by atoms with E-state index in [1.54, 1.807) is 17.4 Å². The van der Waals surface area contributed by atoms with E-state index >= 15 is 0 Å². The van der Waals surface area contributed by atoms with Crippen LogP contribution in [0.1, 0.15) is 73.5 Å². The standard InChI is InChI=1S/C20H24N4O3S/c1-12(2)15-10-16(27-24-15)18(25)21-11-13-5-7-14(8-6-13)19-22-23-20(26-19)17-4-3-9-28-17/h3-4,9-10,12-14H,5-8,11H2,1-2H3,(H,21,25). The smallest absolute Gasteiger partial charge is 0.289 e. The minimum Gasteiger partial charge on any atom is -0.420 e. The average Bonchev–Trinajstić information content (AvgIpc) is 3.47. The summed E-state index contributed by atoms with van der Waals surface area (Å²) < 4.78 is 11.0. The number of carbonyl (C=O) groups excluding carboxylic acids is 1. The van der Waals surface area contributed by atoms with Gasteiger partial charge in [0.25, 0.3) is 11.8 Å². The van der Waals surface area contributed by atoms with E-state index in [2.05, 4.69) is 20.7 Å². The maximum atomic E-state index is 12.2. The van der Waals surface area contributed by atoms with Gasteiger partial charge < -0.3 is 14.3 Å². The number of amides is 1. The molecule has 4 rings (SSSR count). The molecular weight excluding hydrogens is 376 g/mol. The summed E-state index contributed by atoms with van der Waals surface area (Å²) >= 11 is 1.60. The molecule has 1 fully saturated rings. The van der Waals surface area contributed by atoms with Gasteiger partial charge in [-0.2, -0.15) is 0 Å². The minimum absolute atomic E-state index is 0.195. The Balaban J connectivity index is 1.26. The summed E-state index contributed by atoms with van der Waals surface area (Å²) in [6.07, 6.45) is 4.03. The predicted molar refractivity (Wildman–Crippen MR) is 105 cm³/mol. The van der Waals surface area contributed by atoms with Gasteiger partial charge in [-0.05, 0) is 49.0 Å². The number of hydrogen-bond acceptors (Lipinski definition) is 7. The molecule has 3 heterocycles. The molecule has 0 radical (unpaired) electrons. The van der Waals surface area contributed by atoms with E-state index < -0.39 is 0 Å². The molecule has 1 aliphatic rings. The summed E-state index contributed by atoms with van der Waals surface area (Å²) in [6.45, 7) is 4.68. The molecule has 1 saturated carbocycles. The van der Waals surface area contributed by atoms with Crippen molar-refractivity contribution in [3.05, 3.63) is 40.9 Å². The van der Waals surface area contributed by atoms with Crippen LogP contribution in [0.2, 0.25) is 0 Å². The SMILES string of the molecule is CC(C)c1cc(C(=O)NCC2CCC(c3nnc(-c4cccs4)o3)CC2)on1. The Labute approximate surface area is 167 Å². The molecular formula is C20H24N4O3S. The molecule has 0 spiro atoms. The zero-order chi connectivity index (χ0) is 19.5. The Hall–Kier alpha value is -2.48. The zero-order valence-electron chi connectivity index (χ0n) is 16.1. The Kier molecular flexibility index (Phi) is 5.57. The molecule has 28 heavy (non-hydrogen) atoms. The van der Waals surface area contributed by atoms with E-state index in [0.717, 1.165) is 42.1 Å². The van der Waals surface area contributed by atoms with Gasteiger partial charge in [0.1, 0.15) is 0 Å². The maximum Gasteiger partial charge on any atom is 0.289 e. The third-order valence-electron chi connectivity index (χ3n) is 5.26. The largest absolute Gasteiger partial charge is 0.420 e.